The number of rotatable bonds is 4. The molecule has 6 nitrogen and oxygen atoms in total. The van der Waals surface area contributed by atoms with Crippen LogP contribution in [-0.4, -0.2) is 23.9 Å². The molecule has 100 valence electrons. The summed E-state index contributed by atoms with van der Waals surface area (Å²) >= 11 is 0. The van der Waals surface area contributed by atoms with Crippen molar-refractivity contribution in [3.8, 4) is 5.75 Å². The smallest absolute Gasteiger partial charge is 0.251 e. The fourth-order valence-electron chi connectivity index (χ4n) is 2.04. The van der Waals surface area contributed by atoms with Crippen molar-refractivity contribution < 1.29 is 18.7 Å². The molecule has 19 heavy (non-hydrogen) atoms. The highest BCUT2D eigenvalue weighted by molar-refractivity contribution is 6.09. The van der Waals surface area contributed by atoms with Crippen molar-refractivity contribution in [1.29, 1.82) is 0 Å². The summed E-state index contributed by atoms with van der Waals surface area (Å²) < 4.78 is 18.9. The van der Waals surface area contributed by atoms with Crippen LogP contribution in [0.5, 0.6) is 5.75 Å². The van der Waals surface area contributed by atoms with E-state index in [1.165, 1.54) is 13.2 Å². The SMILES string of the molecule is COc1ccc(F)c2c(C(N)=O)c(CC(N)=O)[nH]c12. The highest BCUT2D eigenvalue weighted by atomic mass is 19.1. The minimum Gasteiger partial charge on any atom is -0.495 e. The van der Waals surface area contributed by atoms with Gasteiger partial charge < -0.3 is 21.2 Å². The molecule has 0 aliphatic heterocycles. The van der Waals surface area contributed by atoms with Gasteiger partial charge in [0.1, 0.15) is 11.6 Å². The van der Waals surface area contributed by atoms with Gasteiger partial charge in [-0.1, -0.05) is 0 Å². The average Bonchev–Trinajstić information content (AvgIpc) is 2.68. The topological polar surface area (TPSA) is 111 Å². The number of hydrogen-bond donors (Lipinski definition) is 3. The van der Waals surface area contributed by atoms with E-state index in [0.717, 1.165) is 6.07 Å². The number of fused-ring (bicyclic) bond motifs is 1. The summed E-state index contributed by atoms with van der Waals surface area (Å²) in [7, 11) is 1.41. The van der Waals surface area contributed by atoms with Gasteiger partial charge in [0.15, 0.2) is 0 Å². The van der Waals surface area contributed by atoms with E-state index in [0.29, 0.717) is 5.75 Å². The molecule has 0 spiro atoms. The van der Waals surface area contributed by atoms with Crippen LogP contribution >= 0.6 is 0 Å². The molecule has 0 unspecified atom stereocenters. The molecule has 5 N–H and O–H groups in total. The van der Waals surface area contributed by atoms with Gasteiger partial charge in [0.25, 0.3) is 5.91 Å². The Bertz CT molecular complexity index is 678. The molecule has 0 saturated carbocycles. The van der Waals surface area contributed by atoms with E-state index in [-0.39, 0.29) is 28.6 Å². The monoisotopic (exact) mass is 265 g/mol. The molecule has 0 bridgehead atoms. The second kappa shape index (κ2) is 4.60. The van der Waals surface area contributed by atoms with Crippen LogP contribution in [0.4, 0.5) is 4.39 Å². The van der Waals surface area contributed by atoms with Crippen LogP contribution in [0.1, 0.15) is 16.1 Å². The maximum absolute atomic E-state index is 13.9. The summed E-state index contributed by atoms with van der Waals surface area (Å²) in [6.45, 7) is 0. The van der Waals surface area contributed by atoms with Crippen LogP contribution in [0.25, 0.3) is 10.9 Å². The van der Waals surface area contributed by atoms with E-state index in [1.54, 1.807) is 0 Å². The second-order valence-corrected chi connectivity index (χ2v) is 3.99. The number of hydrogen-bond acceptors (Lipinski definition) is 3. The van der Waals surface area contributed by atoms with Crippen LogP contribution in [0.15, 0.2) is 12.1 Å². The Balaban J connectivity index is 2.83. The number of aromatic amines is 1. The van der Waals surface area contributed by atoms with Crippen molar-refractivity contribution >= 4 is 22.7 Å². The van der Waals surface area contributed by atoms with E-state index in [9.17, 15) is 14.0 Å². The number of carbonyl (C=O) groups is 2. The van der Waals surface area contributed by atoms with Gasteiger partial charge in [0.05, 0.1) is 30.0 Å². The van der Waals surface area contributed by atoms with E-state index in [1.807, 2.05) is 0 Å². The lowest BCUT2D eigenvalue weighted by Crippen LogP contribution is -2.18. The molecule has 1 aromatic carbocycles. The largest absolute Gasteiger partial charge is 0.495 e. The van der Waals surface area contributed by atoms with Crippen LogP contribution in [0, 0.1) is 5.82 Å². The third-order valence-electron chi connectivity index (χ3n) is 2.76. The predicted molar refractivity (Wildman–Crippen MR) is 66.2 cm³/mol. The first-order valence-corrected chi connectivity index (χ1v) is 5.40. The van der Waals surface area contributed by atoms with Gasteiger partial charge >= 0.3 is 0 Å². The Morgan fingerprint density at radius 3 is 2.58 bits per heavy atom. The predicted octanol–water partition coefficient (Wildman–Crippen LogP) is 0.442. The number of nitrogens with one attached hydrogen (secondary N) is 1. The van der Waals surface area contributed by atoms with Crippen LogP contribution in [-0.2, 0) is 11.2 Å². The van der Waals surface area contributed by atoms with E-state index in [2.05, 4.69) is 4.98 Å². The number of H-pyrrole nitrogens is 1. The van der Waals surface area contributed by atoms with Crippen molar-refractivity contribution in [3.05, 3.63) is 29.2 Å². The van der Waals surface area contributed by atoms with Gasteiger partial charge in [0, 0.05) is 5.69 Å². The Morgan fingerprint density at radius 2 is 2.05 bits per heavy atom. The number of nitrogens with two attached hydrogens (primary N) is 2. The maximum Gasteiger partial charge on any atom is 0.251 e. The number of benzene rings is 1. The van der Waals surface area contributed by atoms with Gasteiger partial charge in [-0.2, -0.15) is 0 Å². The number of aromatic nitrogens is 1. The lowest BCUT2D eigenvalue weighted by atomic mass is 10.1. The maximum atomic E-state index is 13.9. The minimum atomic E-state index is -0.838. The van der Waals surface area contributed by atoms with Gasteiger partial charge in [-0.05, 0) is 12.1 Å². The molecule has 0 aliphatic rings. The molecular formula is C12H12FN3O3. The average molecular weight is 265 g/mol. The summed E-state index contributed by atoms with van der Waals surface area (Å²) in [4.78, 5) is 25.2. The summed E-state index contributed by atoms with van der Waals surface area (Å²) in [5.74, 6) is -1.78. The molecule has 2 aromatic rings. The van der Waals surface area contributed by atoms with Gasteiger partial charge in [0.2, 0.25) is 5.91 Å². The van der Waals surface area contributed by atoms with E-state index >= 15 is 0 Å². The Labute approximate surface area is 107 Å². The van der Waals surface area contributed by atoms with E-state index < -0.39 is 17.6 Å². The Hall–Kier alpha value is -2.57. The quantitative estimate of drug-likeness (QED) is 0.745. The van der Waals surface area contributed by atoms with Gasteiger partial charge in [-0.15, -0.1) is 0 Å². The third-order valence-corrected chi connectivity index (χ3v) is 2.76. The number of primary amides is 2. The number of ether oxygens (including phenoxy) is 1. The molecule has 2 amide bonds. The third kappa shape index (κ3) is 2.10. The van der Waals surface area contributed by atoms with Crippen molar-refractivity contribution in [3.63, 3.8) is 0 Å². The Morgan fingerprint density at radius 1 is 1.37 bits per heavy atom. The lowest BCUT2D eigenvalue weighted by Gasteiger charge is -2.02. The summed E-state index contributed by atoms with van der Waals surface area (Å²) in [6, 6.07) is 2.57. The highest BCUT2D eigenvalue weighted by Gasteiger charge is 2.22. The molecule has 0 saturated heterocycles. The molecule has 1 aromatic heterocycles. The summed E-state index contributed by atoms with van der Waals surface area (Å²) in [5.41, 5.74) is 10.7. The Kier molecular flexibility index (Phi) is 3.12. The van der Waals surface area contributed by atoms with E-state index in [4.69, 9.17) is 16.2 Å². The standard InChI is InChI=1S/C12H12FN3O3/c1-19-7-3-2-5(13)9-10(12(15)18)6(4-8(14)17)16-11(7)9/h2-3,16H,4H2,1H3,(H2,14,17)(H2,15,18). The molecule has 0 atom stereocenters. The first-order valence-electron chi connectivity index (χ1n) is 5.40. The van der Waals surface area contributed by atoms with Crippen LogP contribution < -0.4 is 16.2 Å². The zero-order valence-corrected chi connectivity index (χ0v) is 10.1. The van der Waals surface area contributed by atoms with Crippen molar-refractivity contribution in [2.24, 2.45) is 11.5 Å². The van der Waals surface area contributed by atoms with Gasteiger partial charge in [-0.3, -0.25) is 9.59 Å². The second-order valence-electron chi connectivity index (χ2n) is 3.99. The number of amides is 2. The number of halogens is 1. The highest BCUT2D eigenvalue weighted by Crippen LogP contribution is 2.32. The zero-order chi connectivity index (χ0) is 14.2. The molecule has 7 heteroatoms. The van der Waals surface area contributed by atoms with Crippen LogP contribution in [0.3, 0.4) is 0 Å². The van der Waals surface area contributed by atoms with Crippen molar-refractivity contribution in [2.45, 2.75) is 6.42 Å². The first kappa shape index (κ1) is 12.9. The zero-order valence-electron chi connectivity index (χ0n) is 10.1. The molecule has 0 radical (unpaired) electrons. The summed E-state index contributed by atoms with van der Waals surface area (Å²) in [6.07, 6.45) is -0.241. The van der Waals surface area contributed by atoms with Crippen molar-refractivity contribution in [2.75, 3.05) is 7.11 Å². The minimum absolute atomic E-state index is 0.00287. The molecule has 1 heterocycles. The molecule has 2 rings (SSSR count). The fraction of sp³-hybridized carbons (Fsp3) is 0.167. The normalized spacial score (nSPS) is 10.6. The fourth-order valence-corrected chi connectivity index (χ4v) is 2.04. The first-order chi connectivity index (χ1) is 8.95. The number of methoxy groups -OCH3 is 1. The molecule has 0 aliphatic carbocycles. The van der Waals surface area contributed by atoms with Gasteiger partial charge in [-0.25, -0.2) is 4.39 Å². The van der Waals surface area contributed by atoms with Crippen molar-refractivity contribution in [1.82, 2.24) is 4.98 Å². The lowest BCUT2D eigenvalue weighted by molar-refractivity contribution is -0.117. The molecule has 0 fully saturated rings. The molecular weight excluding hydrogens is 253 g/mol. The van der Waals surface area contributed by atoms with Crippen LogP contribution in [0.2, 0.25) is 0 Å². The number of carbonyl (C=O) groups excluding carboxylic acids is 2. The summed E-state index contributed by atoms with van der Waals surface area (Å²) in [5, 5.41) is 0.00287.